The summed E-state index contributed by atoms with van der Waals surface area (Å²) >= 11 is 1.90. The summed E-state index contributed by atoms with van der Waals surface area (Å²) < 4.78 is 13.7. The molecule has 2 aromatic rings. The molecule has 1 atom stereocenters. The van der Waals surface area contributed by atoms with Crippen LogP contribution in [-0.4, -0.2) is 28.9 Å². The van der Waals surface area contributed by atoms with Crippen LogP contribution in [0.1, 0.15) is 54.1 Å². The van der Waals surface area contributed by atoms with Crippen molar-refractivity contribution in [3.63, 3.8) is 0 Å². The summed E-state index contributed by atoms with van der Waals surface area (Å²) in [4.78, 5) is 21.1. The number of aromatic nitrogens is 1. The largest absolute Gasteiger partial charge is 0.324 e. The Labute approximate surface area is 170 Å². The van der Waals surface area contributed by atoms with Crippen LogP contribution >= 0.6 is 11.3 Å². The number of piperidine rings is 1. The fourth-order valence-corrected chi connectivity index (χ4v) is 5.50. The van der Waals surface area contributed by atoms with Crippen molar-refractivity contribution in [1.82, 2.24) is 9.88 Å². The quantitative estimate of drug-likeness (QED) is 0.757. The van der Waals surface area contributed by atoms with Gasteiger partial charge in [-0.2, -0.15) is 0 Å². The normalized spacial score (nSPS) is 20.0. The topological polar surface area (TPSA) is 45.2 Å². The highest BCUT2D eigenvalue weighted by Gasteiger charge is 2.23. The van der Waals surface area contributed by atoms with E-state index in [4.69, 9.17) is 4.98 Å². The average molecular weight is 402 g/mol. The Morgan fingerprint density at radius 2 is 2.11 bits per heavy atom. The van der Waals surface area contributed by atoms with Gasteiger partial charge in [-0.1, -0.05) is 12.1 Å². The zero-order chi connectivity index (χ0) is 19.3. The molecule has 1 fully saturated rings. The standard InChI is InChI=1S/C22H28FN3OS/c23-17-7-1-2-8-18(17)24-21(27)12-11-16-6-5-13-26(14-16)15-22-25-19-9-3-4-10-20(19)28-22/h1-2,7-8,16H,3-6,9-15H2,(H,24,27)/t16-/m0/s1. The zero-order valence-corrected chi connectivity index (χ0v) is 17.1. The van der Waals surface area contributed by atoms with Crippen LogP contribution in [0.5, 0.6) is 0 Å². The minimum absolute atomic E-state index is 0.102. The van der Waals surface area contributed by atoms with Crippen LogP contribution in [0.2, 0.25) is 0 Å². The van der Waals surface area contributed by atoms with E-state index in [1.807, 2.05) is 11.3 Å². The van der Waals surface area contributed by atoms with Gasteiger partial charge in [0.15, 0.2) is 0 Å². The molecule has 1 amide bonds. The van der Waals surface area contributed by atoms with Crippen LogP contribution in [0, 0.1) is 11.7 Å². The minimum Gasteiger partial charge on any atom is -0.324 e. The first-order valence-corrected chi connectivity index (χ1v) is 11.2. The summed E-state index contributed by atoms with van der Waals surface area (Å²) in [7, 11) is 0. The van der Waals surface area contributed by atoms with Gasteiger partial charge >= 0.3 is 0 Å². The third-order valence-electron chi connectivity index (χ3n) is 5.78. The molecule has 2 aliphatic rings. The van der Waals surface area contributed by atoms with Gasteiger partial charge in [0.05, 0.1) is 17.9 Å². The number of rotatable bonds is 6. The number of aryl methyl sites for hydroxylation is 2. The van der Waals surface area contributed by atoms with Crippen LogP contribution in [-0.2, 0) is 24.2 Å². The summed E-state index contributed by atoms with van der Waals surface area (Å²) in [6.07, 6.45) is 8.55. The predicted octanol–water partition coefficient (Wildman–Crippen LogP) is 4.79. The molecule has 150 valence electrons. The van der Waals surface area contributed by atoms with E-state index in [-0.39, 0.29) is 17.4 Å². The second-order valence-corrected chi connectivity index (χ2v) is 9.16. The number of nitrogens with zero attached hydrogens (tertiary/aromatic N) is 2. The van der Waals surface area contributed by atoms with E-state index in [2.05, 4.69) is 10.2 Å². The number of amides is 1. The fourth-order valence-electron chi connectivity index (χ4n) is 4.31. The van der Waals surface area contributed by atoms with Crippen molar-refractivity contribution in [2.45, 2.75) is 57.9 Å². The van der Waals surface area contributed by atoms with E-state index < -0.39 is 0 Å². The zero-order valence-electron chi connectivity index (χ0n) is 16.3. The van der Waals surface area contributed by atoms with E-state index in [0.29, 0.717) is 12.3 Å². The number of halogens is 1. The van der Waals surface area contributed by atoms with Crippen molar-refractivity contribution in [2.24, 2.45) is 5.92 Å². The summed E-state index contributed by atoms with van der Waals surface area (Å²) in [5.41, 5.74) is 1.61. The van der Waals surface area contributed by atoms with Crippen LogP contribution in [0.25, 0.3) is 0 Å². The molecule has 0 bridgehead atoms. The maximum absolute atomic E-state index is 13.7. The monoisotopic (exact) mass is 401 g/mol. The summed E-state index contributed by atoms with van der Waals surface area (Å²) in [5.74, 6) is 0.0374. The van der Waals surface area contributed by atoms with Gasteiger partial charge in [0.2, 0.25) is 5.91 Å². The van der Waals surface area contributed by atoms with Crippen molar-refractivity contribution in [2.75, 3.05) is 18.4 Å². The number of anilines is 1. The number of nitrogens with one attached hydrogen (secondary N) is 1. The highest BCUT2D eigenvalue weighted by Crippen LogP contribution is 2.29. The van der Waals surface area contributed by atoms with Gasteiger partial charge in [-0.25, -0.2) is 9.37 Å². The number of hydrogen-bond donors (Lipinski definition) is 1. The Morgan fingerprint density at radius 1 is 1.25 bits per heavy atom. The molecule has 0 spiro atoms. The van der Waals surface area contributed by atoms with E-state index in [1.165, 1.54) is 47.3 Å². The van der Waals surface area contributed by atoms with Crippen LogP contribution in [0.3, 0.4) is 0 Å². The molecular formula is C22H28FN3OS. The smallest absolute Gasteiger partial charge is 0.224 e. The predicted molar refractivity (Wildman–Crippen MR) is 111 cm³/mol. The molecule has 2 heterocycles. The Bertz CT molecular complexity index is 798. The number of carbonyl (C=O) groups is 1. The number of benzene rings is 1. The van der Waals surface area contributed by atoms with Crippen molar-refractivity contribution in [3.8, 4) is 0 Å². The third-order valence-corrected chi connectivity index (χ3v) is 6.92. The van der Waals surface area contributed by atoms with Crippen molar-refractivity contribution < 1.29 is 9.18 Å². The lowest BCUT2D eigenvalue weighted by Crippen LogP contribution is -2.35. The Kier molecular flexibility index (Phi) is 6.37. The second kappa shape index (κ2) is 9.14. The lowest BCUT2D eigenvalue weighted by molar-refractivity contribution is -0.116. The molecule has 1 N–H and O–H groups in total. The Hall–Kier alpha value is -1.79. The number of hydrogen-bond acceptors (Lipinski definition) is 4. The maximum atomic E-state index is 13.7. The van der Waals surface area contributed by atoms with Gasteiger partial charge in [0, 0.05) is 17.8 Å². The minimum atomic E-state index is -0.383. The first-order chi connectivity index (χ1) is 13.7. The molecule has 0 saturated carbocycles. The molecule has 1 aliphatic carbocycles. The average Bonchev–Trinajstić information content (AvgIpc) is 3.11. The second-order valence-electron chi connectivity index (χ2n) is 7.99. The van der Waals surface area contributed by atoms with E-state index >= 15 is 0 Å². The molecule has 1 saturated heterocycles. The van der Waals surface area contributed by atoms with Gasteiger partial charge in [0.1, 0.15) is 10.8 Å². The van der Waals surface area contributed by atoms with Crippen LogP contribution in [0.4, 0.5) is 10.1 Å². The molecule has 0 unspecified atom stereocenters. The van der Waals surface area contributed by atoms with Gasteiger partial charge in [-0.05, 0) is 69.5 Å². The highest BCUT2D eigenvalue weighted by molar-refractivity contribution is 7.11. The van der Waals surface area contributed by atoms with E-state index in [9.17, 15) is 9.18 Å². The van der Waals surface area contributed by atoms with Crippen molar-refractivity contribution in [1.29, 1.82) is 0 Å². The molecule has 1 aromatic carbocycles. The summed E-state index contributed by atoms with van der Waals surface area (Å²) in [6, 6.07) is 6.32. The lowest BCUT2D eigenvalue weighted by atomic mass is 9.93. The summed E-state index contributed by atoms with van der Waals surface area (Å²) in [5, 5.41) is 3.95. The van der Waals surface area contributed by atoms with Gasteiger partial charge in [-0.15, -0.1) is 11.3 Å². The lowest BCUT2D eigenvalue weighted by Gasteiger charge is -2.32. The molecule has 1 aliphatic heterocycles. The molecule has 28 heavy (non-hydrogen) atoms. The highest BCUT2D eigenvalue weighted by atomic mass is 32.1. The van der Waals surface area contributed by atoms with Gasteiger partial charge < -0.3 is 5.32 Å². The number of para-hydroxylation sites is 1. The molecule has 0 radical (unpaired) electrons. The molecule has 6 heteroatoms. The summed E-state index contributed by atoms with van der Waals surface area (Å²) in [6.45, 7) is 3.08. The van der Waals surface area contributed by atoms with Gasteiger partial charge in [0.25, 0.3) is 0 Å². The number of likely N-dealkylation sites (tertiary alicyclic amines) is 1. The Balaban J connectivity index is 1.25. The Morgan fingerprint density at radius 3 is 2.96 bits per heavy atom. The van der Waals surface area contributed by atoms with Crippen LogP contribution < -0.4 is 5.32 Å². The number of fused-ring (bicyclic) bond motifs is 1. The first-order valence-electron chi connectivity index (χ1n) is 10.4. The fraction of sp³-hybridized carbons (Fsp3) is 0.545. The first kappa shape index (κ1) is 19.5. The van der Waals surface area contributed by atoms with Crippen molar-refractivity contribution in [3.05, 3.63) is 45.7 Å². The molecule has 4 rings (SSSR count). The van der Waals surface area contributed by atoms with E-state index in [1.54, 1.807) is 18.2 Å². The third kappa shape index (κ3) is 4.97. The number of carbonyl (C=O) groups excluding carboxylic acids is 1. The molecule has 4 nitrogen and oxygen atoms in total. The van der Waals surface area contributed by atoms with Crippen LogP contribution in [0.15, 0.2) is 24.3 Å². The van der Waals surface area contributed by atoms with E-state index in [0.717, 1.165) is 38.9 Å². The maximum Gasteiger partial charge on any atom is 0.224 e. The molecular weight excluding hydrogens is 373 g/mol. The SMILES string of the molecule is O=C(CC[C@@H]1CCCN(Cc2nc3c(s2)CCCC3)C1)Nc1ccccc1F. The number of thiazole rings is 1. The van der Waals surface area contributed by atoms with Gasteiger partial charge in [-0.3, -0.25) is 9.69 Å². The molecule has 1 aromatic heterocycles. The van der Waals surface area contributed by atoms with Crippen molar-refractivity contribution >= 4 is 22.9 Å².